The van der Waals surface area contributed by atoms with Gasteiger partial charge < -0.3 is 14.2 Å². The van der Waals surface area contributed by atoms with Crippen molar-refractivity contribution in [2.24, 2.45) is 0 Å². The van der Waals surface area contributed by atoms with Crippen LogP contribution in [0.15, 0.2) is 48.6 Å². The molecule has 6 nitrogen and oxygen atoms in total. The highest BCUT2D eigenvalue weighted by Gasteiger charge is 2.19. The maximum atomic E-state index is 12.8. The van der Waals surface area contributed by atoms with Crippen LogP contribution in [0, 0.1) is 0 Å². The minimum Gasteiger partial charge on any atom is -0.462 e. The van der Waals surface area contributed by atoms with Crippen LogP contribution in [0.1, 0.15) is 342 Å². The molecule has 0 fully saturated rings. The highest BCUT2D eigenvalue weighted by Crippen LogP contribution is 2.17. The molecule has 73 heavy (non-hydrogen) atoms. The minimum atomic E-state index is -0.774. The average Bonchev–Trinajstić information content (AvgIpc) is 3.39. The van der Waals surface area contributed by atoms with Gasteiger partial charge in [0, 0.05) is 19.3 Å². The number of hydrogen-bond donors (Lipinski definition) is 0. The molecule has 0 bridgehead atoms. The Kier molecular flexibility index (Phi) is 59.7. The van der Waals surface area contributed by atoms with E-state index in [0.717, 1.165) is 96.3 Å². The van der Waals surface area contributed by atoms with Crippen LogP contribution < -0.4 is 0 Å². The molecule has 0 saturated heterocycles. The molecule has 0 aliphatic heterocycles. The van der Waals surface area contributed by atoms with Crippen LogP contribution in [0.4, 0.5) is 0 Å². The highest BCUT2D eigenvalue weighted by atomic mass is 16.6. The van der Waals surface area contributed by atoms with Crippen molar-refractivity contribution in [1.29, 1.82) is 0 Å². The van der Waals surface area contributed by atoms with Crippen molar-refractivity contribution >= 4 is 17.9 Å². The van der Waals surface area contributed by atoms with E-state index in [2.05, 4.69) is 69.4 Å². The summed E-state index contributed by atoms with van der Waals surface area (Å²) in [5.41, 5.74) is 0. The van der Waals surface area contributed by atoms with Gasteiger partial charge in [-0.15, -0.1) is 0 Å². The number of esters is 3. The fourth-order valence-electron chi connectivity index (χ4n) is 9.46. The van der Waals surface area contributed by atoms with E-state index in [1.165, 1.54) is 205 Å². The van der Waals surface area contributed by atoms with Crippen LogP contribution in [0.25, 0.3) is 0 Å². The quantitative estimate of drug-likeness (QED) is 0.0261. The van der Waals surface area contributed by atoms with Crippen LogP contribution in [0.3, 0.4) is 0 Å². The van der Waals surface area contributed by atoms with Gasteiger partial charge >= 0.3 is 17.9 Å². The Morgan fingerprint density at radius 1 is 0.274 bits per heavy atom. The molecule has 426 valence electrons. The molecule has 0 aliphatic rings. The summed E-state index contributed by atoms with van der Waals surface area (Å²) in [5, 5.41) is 0. The maximum absolute atomic E-state index is 12.8. The SMILES string of the molecule is CCC/C=C\C/C=C\CCCCCCCC(=O)OC(COC(=O)CCCCCCCCC)COC(=O)CCCCCCCCCCCCCCCCCCCCCCCCC/C=C\C/C=C\CCCCCCC. The van der Waals surface area contributed by atoms with E-state index in [0.29, 0.717) is 19.3 Å². The largest absolute Gasteiger partial charge is 0.462 e. The topological polar surface area (TPSA) is 78.9 Å². The second kappa shape index (κ2) is 61.9. The van der Waals surface area contributed by atoms with Crippen molar-refractivity contribution in [3.63, 3.8) is 0 Å². The molecule has 1 unspecified atom stereocenters. The molecule has 0 aromatic heterocycles. The molecule has 0 aliphatic carbocycles. The summed E-state index contributed by atoms with van der Waals surface area (Å²) in [5.74, 6) is -0.881. The predicted octanol–water partition coefficient (Wildman–Crippen LogP) is 21.8. The van der Waals surface area contributed by atoms with Gasteiger partial charge in [0.05, 0.1) is 0 Å². The Balaban J connectivity index is 3.90. The fraction of sp³-hybridized carbons (Fsp3) is 0.836. The average molecular weight is 1020 g/mol. The molecule has 0 N–H and O–H groups in total. The van der Waals surface area contributed by atoms with E-state index >= 15 is 0 Å². The Morgan fingerprint density at radius 2 is 0.521 bits per heavy atom. The number of rotatable bonds is 59. The van der Waals surface area contributed by atoms with Crippen LogP contribution in [-0.2, 0) is 28.6 Å². The molecule has 0 saturated carbocycles. The number of unbranched alkanes of at least 4 members (excludes halogenated alkanes) is 40. The first-order chi connectivity index (χ1) is 36.0. The predicted molar refractivity (Wildman–Crippen MR) is 316 cm³/mol. The Bertz CT molecular complexity index is 1270. The van der Waals surface area contributed by atoms with Crippen molar-refractivity contribution < 1.29 is 28.6 Å². The van der Waals surface area contributed by atoms with Crippen molar-refractivity contribution in [3.8, 4) is 0 Å². The molecular weight excluding hydrogens is 901 g/mol. The highest BCUT2D eigenvalue weighted by molar-refractivity contribution is 5.71. The molecule has 0 radical (unpaired) electrons. The first-order valence-corrected chi connectivity index (χ1v) is 32.1. The van der Waals surface area contributed by atoms with Gasteiger partial charge in [-0.2, -0.15) is 0 Å². The van der Waals surface area contributed by atoms with Gasteiger partial charge in [-0.05, 0) is 77.0 Å². The van der Waals surface area contributed by atoms with E-state index in [1.54, 1.807) is 0 Å². The molecule has 1 atom stereocenters. The zero-order valence-corrected chi connectivity index (χ0v) is 48.9. The first kappa shape index (κ1) is 70.4. The van der Waals surface area contributed by atoms with Crippen molar-refractivity contribution in [1.82, 2.24) is 0 Å². The van der Waals surface area contributed by atoms with Crippen molar-refractivity contribution in [3.05, 3.63) is 48.6 Å². The molecule has 0 aromatic carbocycles. The molecular formula is C67H122O6. The van der Waals surface area contributed by atoms with E-state index in [1.807, 2.05) is 0 Å². The monoisotopic (exact) mass is 1020 g/mol. The van der Waals surface area contributed by atoms with Gasteiger partial charge in [-0.3, -0.25) is 14.4 Å². The van der Waals surface area contributed by atoms with Gasteiger partial charge in [0.2, 0.25) is 0 Å². The Morgan fingerprint density at radius 3 is 0.808 bits per heavy atom. The number of allylic oxidation sites excluding steroid dienone is 8. The van der Waals surface area contributed by atoms with E-state index in [4.69, 9.17) is 14.2 Å². The summed E-state index contributed by atoms with van der Waals surface area (Å²) >= 11 is 0. The molecule has 6 heteroatoms. The lowest BCUT2D eigenvalue weighted by Gasteiger charge is -2.18. The van der Waals surface area contributed by atoms with Crippen LogP contribution in [-0.4, -0.2) is 37.2 Å². The Labute approximate surface area is 454 Å². The smallest absolute Gasteiger partial charge is 0.306 e. The lowest BCUT2D eigenvalue weighted by atomic mass is 10.0. The minimum absolute atomic E-state index is 0.0746. The maximum Gasteiger partial charge on any atom is 0.306 e. The molecule has 0 spiro atoms. The second-order valence-corrected chi connectivity index (χ2v) is 21.7. The third-order valence-corrected chi connectivity index (χ3v) is 14.3. The third kappa shape index (κ3) is 60.1. The summed E-state index contributed by atoms with van der Waals surface area (Å²) in [7, 11) is 0. The lowest BCUT2D eigenvalue weighted by Crippen LogP contribution is -2.30. The van der Waals surface area contributed by atoms with Gasteiger partial charge in [-0.25, -0.2) is 0 Å². The molecule has 0 amide bonds. The van der Waals surface area contributed by atoms with Gasteiger partial charge in [0.15, 0.2) is 6.10 Å². The third-order valence-electron chi connectivity index (χ3n) is 14.3. The van der Waals surface area contributed by atoms with E-state index in [-0.39, 0.29) is 31.1 Å². The first-order valence-electron chi connectivity index (χ1n) is 32.1. The summed E-state index contributed by atoms with van der Waals surface area (Å²) in [4.78, 5) is 37.9. The number of ether oxygens (including phenoxy) is 3. The Hall–Kier alpha value is -2.63. The second-order valence-electron chi connectivity index (χ2n) is 21.7. The van der Waals surface area contributed by atoms with Crippen LogP contribution in [0.5, 0.6) is 0 Å². The lowest BCUT2D eigenvalue weighted by molar-refractivity contribution is -0.167. The number of carbonyl (C=O) groups is 3. The van der Waals surface area contributed by atoms with Crippen LogP contribution in [0.2, 0.25) is 0 Å². The van der Waals surface area contributed by atoms with Crippen LogP contribution >= 0.6 is 0 Å². The zero-order valence-electron chi connectivity index (χ0n) is 48.9. The number of carbonyl (C=O) groups excluding carboxylic acids is 3. The van der Waals surface area contributed by atoms with Crippen molar-refractivity contribution in [2.75, 3.05) is 13.2 Å². The molecule has 0 aromatic rings. The van der Waals surface area contributed by atoms with E-state index in [9.17, 15) is 14.4 Å². The fourth-order valence-corrected chi connectivity index (χ4v) is 9.46. The zero-order chi connectivity index (χ0) is 52.9. The van der Waals surface area contributed by atoms with Gasteiger partial charge in [0.25, 0.3) is 0 Å². The van der Waals surface area contributed by atoms with E-state index < -0.39 is 6.10 Å². The number of hydrogen-bond acceptors (Lipinski definition) is 6. The van der Waals surface area contributed by atoms with Crippen molar-refractivity contribution in [2.45, 2.75) is 348 Å². The molecule has 0 heterocycles. The standard InChI is InChI=1S/C67H122O6/c1-4-7-10-13-16-18-20-22-23-24-25-26-27-28-29-30-31-32-33-34-35-36-37-38-39-40-41-42-43-45-46-48-51-54-57-60-66(69)72-63-64(62-71-65(68)59-56-53-50-15-12-9-6-3)73-67(70)61-58-55-52-49-47-44-21-19-17-14-11-8-5-2/h11,14,19-22,24-25,64H,4-10,12-13,15-18,23,26-63H2,1-3H3/b14-11-,21-19-,22-20-,25-24-. The summed E-state index contributed by atoms with van der Waals surface area (Å²) in [6, 6.07) is 0. The molecule has 0 rings (SSSR count). The summed E-state index contributed by atoms with van der Waals surface area (Å²) < 4.78 is 16.8. The summed E-state index contributed by atoms with van der Waals surface area (Å²) in [6.07, 6.45) is 77.5. The van der Waals surface area contributed by atoms with Gasteiger partial charge in [-0.1, -0.05) is 294 Å². The summed E-state index contributed by atoms with van der Waals surface area (Å²) in [6.45, 7) is 6.54. The van der Waals surface area contributed by atoms with Gasteiger partial charge in [0.1, 0.15) is 13.2 Å². The normalized spacial score (nSPS) is 12.3.